The molecule has 1 rings (SSSR count). The van der Waals surface area contributed by atoms with E-state index in [1.165, 1.54) is 6.92 Å². The van der Waals surface area contributed by atoms with Gasteiger partial charge in [-0.15, -0.1) is 0 Å². The van der Waals surface area contributed by atoms with Crippen molar-refractivity contribution in [2.24, 2.45) is 16.8 Å². The number of amides is 1. The molecule has 1 atom stereocenters. The Morgan fingerprint density at radius 3 is 2.32 bits per heavy atom. The molecule has 0 aliphatic heterocycles. The fraction of sp³-hybridized carbons (Fsp3) is 0.273. The quantitative estimate of drug-likeness (QED) is 0.341. The van der Waals surface area contributed by atoms with Crippen LogP contribution in [-0.4, -0.2) is 17.0 Å². The second-order valence-electron chi connectivity index (χ2n) is 3.81. The molecule has 0 bridgehead atoms. The van der Waals surface area contributed by atoms with Crippen LogP contribution in [0.2, 0.25) is 0 Å². The summed E-state index contributed by atoms with van der Waals surface area (Å²) in [5.41, 5.74) is 4.62. The maximum atomic E-state index is 12.3. The maximum absolute atomic E-state index is 12.3. The van der Waals surface area contributed by atoms with Crippen LogP contribution in [0.15, 0.2) is 29.4 Å². The molecule has 1 unspecified atom stereocenters. The van der Waals surface area contributed by atoms with E-state index in [0.29, 0.717) is 0 Å². The molecule has 0 saturated heterocycles. The second-order valence-corrected chi connectivity index (χ2v) is 3.81. The van der Waals surface area contributed by atoms with Gasteiger partial charge in [-0.2, -0.15) is 13.2 Å². The van der Waals surface area contributed by atoms with Crippen molar-refractivity contribution in [1.29, 1.82) is 0 Å². The van der Waals surface area contributed by atoms with E-state index in [-0.39, 0.29) is 11.5 Å². The number of hydrogen-bond acceptors (Lipinski definition) is 3. The minimum absolute atomic E-state index is 0.190. The van der Waals surface area contributed by atoms with Gasteiger partial charge in [0.05, 0.1) is 11.5 Å². The summed E-state index contributed by atoms with van der Waals surface area (Å²) in [5.74, 6) is -1.77. The number of amidine groups is 1. The summed E-state index contributed by atoms with van der Waals surface area (Å²) in [6.45, 7) is 1.40. The molecular formula is C11H12F3N3O2. The number of nitrogens with one attached hydrogen (secondary N) is 1. The first kappa shape index (κ1) is 14.8. The Balaban J connectivity index is 2.76. The molecule has 0 radical (unpaired) electrons. The van der Waals surface area contributed by atoms with Gasteiger partial charge in [-0.3, -0.25) is 4.79 Å². The third-order valence-corrected chi connectivity index (χ3v) is 2.43. The monoisotopic (exact) mass is 275 g/mol. The number of benzene rings is 1. The minimum Gasteiger partial charge on any atom is -0.409 e. The molecule has 1 amide bonds. The highest BCUT2D eigenvalue weighted by atomic mass is 19.4. The maximum Gasteiger partial charge on any atom is 0.416 e. The summed E-state index contributed by atoms with van der Waals surface area (Å²) in [6.07, 6.45) is -4.43. The van der Waals surface area contributed by atoms with E-state index in [2.05, 4.69) is 10.5 Å². The molecule has 0 fully saturated rings. The molecule has 0 aromatic heterocycles. The lowest BCUT2D eigenvalue weighted by molar-refractivity contribution is -0.137. The molecule has 1 aromatic carbocycles. The fourth-order valence-corrected chi connectivity index (χ4v) is 1.21. The van der Waals surface area contributed by atoms with Gasteiger partial charge in [0.1, 0.15) is 0 Å². The first-order valence-corrected chi connectivity index (χ1v) is 5.21. The number of rotatable bonds is 3. The van der Waals surface area contributed by atoms with E-state index in [0.717, 1.165) is 24.3 Å². The van der Waals surface area contributed by atoms with Gasteiger partial charge in [0.25, 0.3) is 0 Å². The SMILES string of the molecule is CC(C(=O)Nc1ccc(C(F)(F)F)cc1)C(N)=NO. The van der Waals surface area contributed by atoms with Crippen molar-refractivity contribution in [2.75, 3.05) is 5.32 Å². The second kappa shape index (κ2) is 5.59. The average Bonchev–Trinajstić information content (AvgIpc) is 2.36. The lowest BCUT2D eigenvalue weighted by atomic mass is 10.1. The van der Waals surface area contributed by atoms with Gasteiger partial charge in [-0.25, -0.2) is 0 Å². The molecule has 0 aliphatic carbocycles. The number of halogens is 3. The number of hydrogen-bond donors (Lipinski definition) is 3. The molecule has 0 aliphatic rings. The predicted octanol–water partition coefficient (Wildman–Crippen LogP) is 2.03. The van der Waals surface area contributed by atoms with Crippen molar-refractivity contribution in [3.05, 3.63) is 29.8 Å². The van der Waals surface area contributed by atoms with E-state index >= 15 is 0 Å². The summed E-state index contributed by atoms with van der Waals surface area (Å²) in [7, 11) is 0. The number of alkyl halides is 3. The summed E-state index contributed by atoms with van der Waals surface area (Å²) in [5, 5.41) is 13.4. The van der Waals surface area contributed by atoms with Crippen LogP contribution >= 0.6 is 0 Å². The van der Waals surface area contributed by atoms with Crippen LogP contribution in [0.1, 0.15) is 12.5 Å². The van der Waals surface area contributed by atoms with Gasteiger partial charge in [0.15, 0.2) is 5.84 Å². The number of nitrogens with two attached hydrogens (primary N) is 1. The number of nitrogens with zero attached hydrogens (tertiary/aromatic N) is 1. The smallest absolute Gasteiger partial charge is 0.409 e. The van der Waals surface area contributed by atoms with Crippen LogP contribution in [-0.2, 0) is 11.0 Å². The van der Waals surface area contributed by atoms with Crippen LogP contribution < -0.4 is 11.1 Å². The molecule has 4 N–H and O–H groups in total. The summed E-state index contributed by atoms with van der Waals surface area (Å²) >= 11 is 0. The van der Waals surface area contributed by atoms with Gasteiger partial charge < -0.3 is 16.3 Å². The Hall–Kier alpha value is -2.25. The predicted molar refractivity (Wildman–Crippen MR) is 62.6 cm³/mol. The normalized spacial score (nSPS) is 14.0. The lowest BCUT2D eigenvalue weighted by Gasteiger charge is -2.11. The molecule has 8 heteroatoms. The van der Waals surface area contributed by atoms with Crippen LogP contribution in [0.25, 0.3) is 0 Å². The van der Waals surface area contributed by atoms with Gasteiger partial charge in [-0.1, -0.05) is 5.16 Å². The highest BCUT2D eigenvalue weighted by Crippen LogP contribution is 2.29. The Kier molecular flexibility index (Phi) is 4.36. The van der Waals surface area contributed by atoms with Crippen LogP contribution in [0, 0.1) is 5.92 Å². The Bertz CT molecular complexity index is 483. The summed E-state index contributed by atoms with van der Waals surface area (Å²) in [6, 6.07) is 3.95. The van der Waals surface area contributed by atoms with Crippen molar-refractivity contribution < 1.29 is 23.2 Å². The average molecular weight is 275 g/mol. The van der Waals surface area contributed by atoms with Gasteiger partial charge in [-0.05, 0) is 31.2 Å². The third-order valence-electron chi connectivity index (χ3n) is 2.43. The molecule has 0 saturated carbocycles. The zero-order valence-electron chi connectivity index (χ0n) is 9.90. The number of carbonyl (C=O) groups excluding carboxylic acids is 1. The van der Waals surface area contributed by atoms with Gasteiger partial charge in [0.2, 0.25) is 5.91 Å². The topological polar surface area (TPSA) is 87.7 Å². The van der Waals surface area contributed by atoms with Crippen molar-refractivity contribution in [3.8, 4) is 0 Å². The molecule has 1 aromatic rings. The number of anilines is 1. The molecule has 0 heterocycles. The Morgan fingerprint density at radius 1 is 1.37 bits per heavy atom. The molecule has 104 valence electrons. The van der Waals surface area contributed by atoms with Gasteiger partial charge in [0, 0.05) is 5.69 Å². The van der Waals surface area contributed by atoms with Crippen LogP contribution in [0.4, 0.5) is 18.9 Å². The lowest BCUT2D eigenvalue weighted by Crippen LogP contribution is -2.32. The first-order valence-electron chi connectivity index (χ1n) is 5.21. The minimum atomic E-state index is -4.43. The van der Waals surface area contributed by atoms with Crippen LogP contribution in [0.3, 0.4) is 0 Å². The van der Waals surface area contributed by atoms with Crippen LogP contribution in [0.5, 0.6) is 0 Å². The molecular weight excluding hydrogens is 263 g/mol. The third kappa shape index (κ3) is 3.87. The van der Waals surface area contributed by atoms with E-state index < -0.39 is 23.6 Å². The van der Waals surface area contributed by atoms with E-state index in [1.54, 1.807) is 0 Å². The Morgan fingerprint density at radius 2 is 1.89 bits per heavy atom. The number of carbonyl (C=O) groups is 1. The van der Waals surface area contributed by atoms with Crippen molar-refractivity contribution in [2.45, 2.75) is 13.1 Å². The highest BCUT2D eigenvalue weighted by molar-refractivity contribution is 6.07. The fourth-order valence-electron chi connectivity index (χ4n) is 1.21. The van der Waals surface area contributed by atoms with Crippen molar-refractivity contribution in [1.82, 2.24) is 0 Å². The van der Waals surface area contributed by atoms with Crippen molar-refractivity contribution >= 4 is 17.4 Å². The van der Waals surface area contributed by atoms with E-state index in [9.17, 15) is 18.0 Å². The van der Waals surface area contributed by atoms with Crippen molar-refractivity contribution in [3.63, 3.8) is 0 Å². The molecule has 5 nitrogen and oxygen atoms in total. The largest absolute Gasteiger partial charge is 0.416 e. The highest BCUT2D eigenvalue weighted by Gasteiger charge is 2.30. The van der Waals surface area contributed by atoms with E-state index in [4.69, 9.17) is 10.9 Å². The first-order chi connectivity index (χ1) is 8.75. The van der Waals surface area contributed by atoms with Gasteiger partial charge >= 0.3 is 6.18 Å². The zero-order valence-corrected chi connectivity index (χ0v) is 9.90. The van der Waals surface area contributed by atoms with E-state index in [1.807, 2.05) is 0 Å². The summed E-state index contributed by atoms with van der Waals surface area (Å²) < 4.78 is 36.9. The Labute approximate surface area is 106 Å². The molecule has 0 spiro atoms. The zero-order chi connectivity index (χ0) is 14.6. The number of oxime groups is 1. The summed E-state index contributed by atoms with van der Waals surface area (Å²) in [4.78, 5) is 11.6. The standard InChI is InChI=1S/C11H12F3N3O2/c1-6(9(15)17-19)10(18)16-8-4-2-7(3-5-8)11(12,13)14/h2-6,19H,1H3,(H2,15,17)(H,16,18). The molecule has 19 heavy (non-hydrogen) atoms.